The van der Waals surface area contributed by atoms with E-state index in [1.807, 2.05) is 0 Å². The van der Waals surface area contributed by atoms with Gasteiger partial charge in [0.15, 0.2) is 0 Å². The highest BCUT2D eigenvalue weighted by molar-refractivity contribution is 4.80. The van der Waals surface area contributed by atoms with Crippen molar-refractivity contribution in [3.63, 3.8) is 0 Å². The molecule has 1 saturated carbocycles. The van der Waals surface area contributed by atoms with Gasteiger partial charge in [0.25, 0.3) is 0 Å². The van der Waals surface area contributed by atoms with Gasteiger partial charge in [-0.1, -0.05) is 6.42 Å². The summed E-state index contributed by atoms with van der Waals surface area (Å²) in [7, 11) is 0. The minimum absolute atomic E-state index is 0.412. The van der Waals surface area contributed by atoms with Crippen LogP contribution in [0.2, 0.25) is 0 Å². The van der Waals surface area contributed by atoms with Crippen LogP contribution >= 0.6 is 0 Å². The molecular formula is C5H6O. The van der Waals surface area contributed by atoms with Crippen molar-refractivity contribution in [2.75, 3.05) is 0 Å². The number of rotatable bonds is 1. The number of ether oxygens (including phenoxy) is 1. The predicted molar refractivity (Wildman–Crippen MR) is 22.9 cm³/mol. The van der Waals surface area contributed by atoms with Gasteiger partial charge in [0, 0.05) is 0 Å². The third kappa shape index (κ3) is 0.651. The summed E-state index contributed by atoms with van der Waals surface area (Å²) in [5.41, 5.74) is 0. The van der Waals surface area contributed by atoms with Crippen LogP contribution in [-0.2, 0) is 4.74 Å². The Morgan fingerprint density at radius 2 is 2.33 bits per heavy atom. The molecule has 0 atom stereocenters. The van der Waals surface area contributed by atoms with Crippen molar-refractivity contribution in [2.24, 2.45) is 0 Å². The van der Waals surface area contributed by atoms with Gasteiger partial charge in [-0.25, -0.2) is 0 Å². The van der Waals surface area contributed by atoms with Crippen LogP contribution in [0.25, 0.3) is 0 Å². The molecule has 1 rings (SSSR count). The zero-order valence-corrected chi connectivity index (χ0v) is 3.48. The van der Waals surface area contributed by atoms with Crippen LogP contribution in [0.15, 0.2) is 0 Å². The van der Waals surface area contributed by atoms with Gasteiger partial charge < -0.3 is 4.74 Å². The van der Waals surface area contributed by atoms with E-state index >= 15 is 0 Å². The minimum Gasteiger partial charge on any atom is -0.443 e. The molecule has 0 spiro atoms. The van der Waals surface area contributed by atoms with Crippen LogP contribution < -0.4 is 0 Å². The molecule has 0 N–H and O–H groups in total. The summed E-state index contributed by atoms with van der Waals surface area (Å²) in [6.07, 6.45) is 9.65. The largest absolute Gasteiger partial charge is 0.443 e. The normalized spacial score (nSPS) is 19.2. The van der Waals surface area contributed by atoms with E-state index in [1.54, 1.807) is 0 Å². The number of hydrogen-bond donors (Lipinski definition) is 0. The molecule has 1 aliphatic carbocycles. The molecule has 0 aromatic carbocycles. The maximum absolute atomic E-state index is 4.80. The first-order valence-electron chi connectivity index (χ1n) is 2.04. The fourth-order valence-electron chi connectivity index (χ4n) is 0.282. The SMILES string of the molecule is C#COC1CC1. The Morgan fingerprint density at radius 3 is 2.50 bits per heavy atom. The highest BCUT2D eigenvalue weighted by atomic mass is 16.5. The molecule has 0 radical (unpaired) electrons. The zero-order chi connectivity index (χ0) is 4.41. The lowest BCUT2D eigenvalue weighted by Crippen LogP contribution is -1.79. The third-order valence-corrected chi connectivity index (χ3v) is 0.759. The number of terminal acetylenes is 1. The van der Waals surface area contributed by atoms with Crippen molar-refractivity contribution in [1.82, 2.24) is 0 Å². The van der Waals surface area contributed by atoms with Crippen LogP contribution in [0.4, 0.5) is 0 Å². The molecule has 32 valence electrons. The van der Waals surface area contributed by atoms with Crippen molar-refractivity contribution in [2.45, 2.75) is 18.9 Å². The van der Waals surface area contributed by atoms with Crippen molar-refractivity contribution < 1.29 is 4.74 Å². The molecule has 0 aliphatic heterocycles. The van der Waals surface area contributed by atoms with E-state index in [0.717, 1.165) is 12.8 Å². The van der Waals surface area contributed by atoms with Crippen molar-refractivity contribution in [1.29, 1.82) is 0 Å². The smallest absolute Gasteiger partial charge is 0.111 e. The molecule has 1 heteroatoms. The highest BCUT2D eigenvalue weighted by Gasteiger charge is 2.21. The Hall–Kier alpha value is -0.640. The van der Waals surface area contributed by atoms with Gasteiger partial charge in [0.05, 0.1) is 0 Å². The average Bonchev–Trinajstić information content (AvgIpc) is 2.21. The summed E-state index contributed by atoms with van der Waals surface area (Å²) in [4.78, 5) is 0. The maximum atomic E-state index is 4.80. The van der Waals surface area contributed by atoms with E-state index < -0.39 is 0 Å². The maximum Gasteiger partial charge on any atom is 0.111 e. The van der Waals surface area contributed by atoms with Crippen molar-refractivity contribution in [3.8, 4) is 12.5 Å². The topological polar surface area (TPSA) is 9.23 Å². The Kier molecular flexibility index (Phi) is 0.719. The van der Waals surface area contributed by atoms with Crippen LogP contribution in [0, 0.1) is 12.5 Å². The average molecular weight is 82.1 g/mol. The Balaban J connectivity index is 2.05. The summed E-state index contributed by atoms with van der Waals surface area (Å²) >= 11 is 0. The quantitative estimate of drug-likeness (QED) is 0.424. The molecule has 0 aromatic heterocycles. The fraction of sp³-hybridized carbons (Fsp3) is 0.600. The van der Waals surface area contributed by atoms with E-state index in [9.17, 15) is 0 Å². The molecule has 0 unspecified atom stereocenters. The summed E-state index contributed by atoms with van der Waals surface area (Å²) in [6, 6.07) is 0. The molecule has 1 nitrogen and oxygen atoms in total. The summed E-state index contributed by atoms with van der Waals surface area (Å²) in [6.45, 7) is 0. The van der Waals surface area contributed by atoms with Gasteiger partial charge >= 0.3 is 0 Å². The van der Waals surface area contributed by atoms with E-state index in [1.165, 1.54) is 0 Å². The number of hydrogen-bond acceptors (Lipinski definition) is 1. The lowest BCUT2D eigenvalue weighted by molar-refractivity contribution is 0.263. The Bertz CT molecular complexity index is 76.4. The molecule has 1 fully saturated rings. The summed E-state index contributed by atoms with van der Waals surface area (Å²) in [5, 5.41) is 0. The summed E-state index contributed by atoms with van der Waals surface area (Å²) < 4.78 is 4.68. The highest BCUT2D eigenvalue weighted by Crippen LogP contribution is 2.22. The monoisotopic (exact) mass is 82.0 g/mol. The summed E-state index contributed by atoms with van der Waals surface area (Å²) in [5.74, 6) is 0. The fourth-order valence-corrected chi connectivity index (χ4v) is 0.282. The van der Waals surface area contributed by atoms with Gasteiger partial charge in [-0.3, -0.25) is 0 Å². The first kappa shape index (κ1) is 3.55. The predicted octanol–water partition coefficient (Wildman–Crippen LogP) is 0.756. The van der Waals surface area contributed by atoms with Crippen LogP contribution in [0.3, 0.4) is 0 Å². The molecular weight excluding hydrogens is 76.1 g/mol. The molecule has 0 aromatic rings. The van der Waals surface area contributed by atoms with Gasteiger partial charge in [-0.05, 0) is 12.8 Å². The molecule has 0 bridgehead atoms. The lowest BCUT2D eigenvalue weighted by atomic mass is 10.8. The van der Waals surface area contributed by atoms with E-state index in [4.69, 9.17) is 6.42 Å². The van der Waals surface area contributed by atoms with E-state index in [2.05, 4.69) is 10.8 Å². The Morgan fingerprint density at radius 1 is 1.67 bits per heavy atom. The van der Waals surface area contributed by atoms with Crippen molar-refractivity contribution in [3.05, 3.63) is 0 Å². The third-order valence-electron chi connectivity index (χ3n) is 0.759. The molecule has 0 amide bonds. The van der Waals surface area contributed by atoms with E-state index in [-0.39, 0.29) is 0 Å². The molecule has 1 aliphatic rings. The molecule has 6 heavy (non-hydrogen) atoms. The van der Waals surface area contributed by atoms with E-state index in [0.29, 0.717) is 6.10 Å². The second kappa shape index (κ2) is 1.22. The first-order chi connectivity index (χ1) is 2.93. The molecule has 0 saturated heterocycles. The lowest BCUT2D eigenvalue weighted by Gasteiger charge is -1.83. The standard InChI is InChI=1S/C5H6O/c1-2-6-5-3-4-5/h1,5H,3-4H2. The minimum atomic E-state index is 0.412. The van der Waals surface area contributed by atoms with Crippen LogP contribution in [0.1, 0.15) is 12.8 Å². The van der Waals surface area contributed by atoms with Gasteiger partial charge in [0.1, 0.15) is 12.2 Å². The second-order valence-corrected chi connectivity index (χ2v) is 1.44. The first-order valence-corrected chi connectivity index (χ1v) is 2.04. The molecule has 0 heterocycles. The van der Waals surface area contributed by atoms with Gasteiger partial charge in [-0.2, -0.15) is 0 Å². The Labute approximate surface area is 37.3 Å². The van der Waals surface area contributed by atoms with Crippen LogP contribution in [-0.4, -0.2) is 6.10 Å². The second-order valence-electron chi connectivity index (χ2n) is 1.44. The van der Waals surface area contributed by atoms with Crippen LogP contribution in [0.5, 0.6) is 0 Å². The van der Waals surface area contributed by atoms with Gasteiger partial charge in [-0.15, -0.1) is 0 Å². The van der Waals surface area contributed by atoms with Crippen molar-refractivity contribution >= 4 is 0 Å². The zero-order valence-electron chi connectivity index (χ0n) is 3.48. The van der Waals surface area contributed by atoms with Gasteiger partial charge in [0.2, 0.25) is 0 Å².